The number of hydrogen-bond acceptors (Lipinski definition) is 4. The van der Waals surface area contributed by atoms with Crippen molar-refractivity contribution in [3.05, 3.63) is 132 Å². The zero-order valence-corrected chi connectivity index (χ0v) is 31.4. The van der Waals surface area contributed by atoms with Crippen LogP contribution < -0.4 is 34.6 Å². The highest BCUT2D eigenvalue weighted by Gasteiger charge is 2.75. The average Bonchev–Trinajstić information content (AvgIpc) is 3.81. The molecule has 9 aliphatic rings. The third-order valence-electron chi connectivity index (χ3n) is 15.9. The number of quaternary nitrogens is 2. The first-order chi connectivity index (χ1) is 24.5. The van der Waals surface area contributed by atoms with Gasteiger partial charge in [-0.1, -0.05) is 61.7 Å². The maximum Gasteiger partial charge on any atom is 0.103 e. The maximum absolute atomic E-state index is 10.5. The highest BCUT2D eigenvalue weighted by molar-refractivity contribution is 5.77. The molecule has 6 fully saturated rings. The van der Waals surface area contributed by atoms with E-state index < -0.39 is 0 Å². The number of aliphatic hydroxyl groups is 2. The Kier molecular flexibility index (Phi) is 7.80. The maximum atomic E-state index is 10.5. The van der Waals surface area contributed by atoms with Crippen LogP contribution in [0.5, 0.6) is 0 Å². The fourth-order valence-corrected chi connectivity index (χ4v) is 14.6. The molecule has 4 bridgehead atoms. The number of halogens is 2. The van der Waals surface area contributed by atoms with Gasteiger partial charge in [0, 0.05) is 61.3 Å². The van der Waals surface area contributed by atoms with Crippen LogP contribution in [0.3, 0.4) is 0 Å². The molecular weight excluding hydrogens is 687 g/mol. The van der Waals surface area contributed by atoms with Gasteiger partial charge in [-0.3, -0.25) is 0 Å². The van der Waals surface area contributed by atoms with Gasteiger partial charge in [0.2, 0.25) is 0 Å². The molecule has 11 rings (SSSR count). The lowest BCUT2D eigenvalue weighted by Crippen LogP contribution is -3.00. The summed E-state index contributed by atoms with van der Waals surface area (Å²) in [5, 5.41) is 20.9. The number of benzene rings is 2. The zero-order chi connectivity index (χ0) is 33.6. The second-order valence-corrected chi connectivity index (χ2v) is 17.2. The van der Waals surface area contributed by atoms with Gasteiger partial charge in [0.05, 0.1) is 62.3 Å². The van der Waals surface area contributed by atoms with Crippen molar-refractivity contribution < 1.29 is 44.0 Å². The van der Waals surface area contributed by atoms with Crippen molar-refractivity contribution in [2.24, 2.45) is 11.8 Å². The van der Waals surface area contributed by atoms with Crippen molar-refractivity contribution in [3.63, 3.8) is 0 Å². The van der Waals surface area contributed by atoms with Crippen molar-refractivity contribution in [2.45, 2.75) is 60.7 Å². The highest BCUT2D eigenvalue weighted by atomic mass is 35.5. The zero-order valence-electron chi connectivity index (χ0n) is 29.9. The quantitative estimate of drug-likeness (QED) is 0.310. The number of piperidine rings is 2. The third-order valence-corrected chi connectivity index (χ3v) is 15.9. The van der Waals surface area contributed by atoms with Gasteiger partial charge < -0.3 is 53.8 Å². The minimum Gasteiger partial charge on any atom is -1.00 e. The standard InChI is InChI=1S/C44H50N4O2.2ClH/c1-3-17-47-19-15-43-35-9-5-7-11-37(35)45-26-34-32-24-40-44(16-20-48(40,18-4-2)28-30(32)14-22-50)36-10-6-8-12-38(36)46(42(34)44)25-33(41(43)45)31(23-39(43)47)29(27-47)13-21-49;;/h3-14,25-26,31-32,39-42,49-50H,1-2,15-24,27-28H2;2*1H/q+2;;/p-2/b29-13-,30-14+,33-25-,34-26-;;/t31-,32-,39-,40-,41?,42?,43+,44+,47-,48-;;/m0../s1. The Bertz CT molecular complexity index is 1860. The molecule has 2 N–H and O–H groups in total. The Morgan fingerprint density at radius 1 is 0.673 bits per heavy atom. The van der Waals surface area contributed by atoms with Gasteiger partial charge in [0.1, 0.15) is 25.2 Å². The van der Waals surface area contributed by atoms with Gasteiger partial charge in [-0.15, -0.1) is 0 Å². The molecule has 2 aromatic rings. The number of anilines is 2. The minimum absolute atomic E-state index is 0. The Morgan fingerprint density at radius 3 is 1.50 bits per heavy atom. The molecule has 272 valence electrons. The molecule has 2 saturated carbocycles. The van der Waals surface area contributed by atoms with Gasteiger partial charge in [-0.05, 0) is 57.7 Å². The predicted octanol–water partition coefficient (Wildman–Crippen LogP) is -0.516. The van der Waals surface area contributed by atoms with Crippen LogP contribution in [0.1, 0.15) is 36.8 Å². The molecule has 4 saturated heterocycles. The molecule has 2 aromatic carbocycles. The summed E-state index contributed by atoms with van der Waals surface area (Å²) in [5.74, 6) is 0.615. The molecule has 2 spiro atoms. The largest absolute Gasteiger partial charge is 1.00 e. The molecule has 0 aromatic heterocycles. The van der Waals surface area contributed by atoms with E-state index in [0.717, 1.165) is 73.9 Å². The van der Waals surface area contributed by atoms with E-state index >= 15 is 0 Å². The molecule has 8 heteroatoms. The van der Waals surface area contributed by atoms with Crippen LogP contribution in [-0.2, 0) is 10.8 Å². The molecule has 52 heavy (non-hydrogen) atoms. The van der Waals surface area contributed by atoms with Crippen LogP contribution in [0.15, 0.2) is 121 Å². The fourth-order valence-electron chi connectivity index (χ4n) is 14.6. The number of para-hydroxylation sites is 2. The van der Waals surface area contributed by atoms with E-state index in [1.165, 1.54) is 33.6 Å². The number of aliphatic hydroxyl groups excluding tert-OH is 2. The molecule has 10 atom stereocenters. The monoisotopic (exact) mass is 736 g/mol. The number of nitrogens with zero attached hydrogens (tertiary/aromatic N) is 4. The lowest BCUT2D eigenvalue weighted by atomic mass is 9.56. The summed E-state index contributed by atoms with van der Waals surface area (Å²) in [4.78, 5) is 5.54. The molecular formula is C44H50Cl2N4O2. The topological polar surface area (TPSA) is 46.9 Å². The number of rotatable bonds is 6. The van der Waals surface area contributed by atoms with Gasteiger partial charge in [-0.25, -0.2) is 0 Å². The lowest BCUT2D eigenvalue weighted by molar-refractivity contribution is -0.937. The van der Waals surface area contributed by atoms with Crippen molar-refractivity contribution in [1.82, 2.24) is 0 Å². The van der Waals surface area contributed by atoms with Crippen LogP contribution in [-0.4, -0.2) is 95.8 Å². The number of hydrogen-bond donors (Lipinski definition) is 2. The number of fused-ring (bicyclic) bond motifs is 8. The first-order valence-corrected chi connectivity index (χ1v) is 19.2. The summed E-state index contributed by atoms with van der Waals surface area (Å²) in [5.41, 5.74) is 11.8. The van der Waals surface area contributed by atoms with E-state index in [4.69, 9.17) is 0 Å². The Balaban J connectivity index is 0.00000180. The SMILES string of the molecule is C=CC[N@@+]12CC[C@]34c5ccccc5N5/C=C6\C7N(/C=C(\C53)[C@@H](C[C@@H]41)/C(=C/CO)C2)c1ccccc1[C@@]71CC[N@@+]2(CC=C)C/C(=C/CO)[C@@H]6C[C@@H]12.[Cl-].[Cl-]. The predicted molar refractivity (Wildman–Crippen MR) is 198 cm³/mol. The fraction of sp³-hybridized carbons (Fsp3) is 0.455. The van der Waals surface area contributed by atoms with E-state index in [1.807, 2.05) is 0 Å². The van der Waals surface area contributed by atoms with E-state index in [9.17, 15) is 10.2 Å². The van der Waals surface area contributed by atoms with E-state index in [-0.39, 0.29) is 60.9 Å². The second-order valence-electron chi connectivity index (χ2n) is 17.2. The van der Waals surface area contributed by atoms with Crippen molar-refractivity contribution >= 4 is 11.4 Å². The molecule has 7 heterocycles. The molecule has 2 aliphatic carbocycles. The summed E-state index contributed by atoms with van der Waals surface area (Å²) in [6, 6.07) is 20.3. The lowest BCUT2D eigenvalue weighted by Gasteiger charge is -2.59. The van der Waals surface area contributed by atoms with Gasteiger partial charge in [-0.2, -0.15) is 0 Å². The first-order valence-electron chi connectivity index (χ1n) is 19.2. The van der Waals surface area contributed by atoms with E-state index in [2.05, 4.69) is 108 Å². The van der Waals surface area contributed by atoms with E-state index in [1.54, 1.807) is 11.1 Å². The Morgan fingerprint density at radius 2 is 1.10 bits per heavy atom. The summed E-state index contributed by atoms with van der Waals surface area (Å²) in [7, 11) is 0. The molecule has 0 amide bonds. The average molecular weight is 738 g/mol. The van der Waals surface area contributed by atoms with Crippen LogP contribution in [0.2, 0.25) is 0 Å². The minimum atomic E-state index is 0. The van der Waals surface area contributed by atoms with Crippen LogP contribution in [0.4, 0.5) is 11.4 Å². The summed E-state index contributed by atoms with van der Waals surface area (Å²) < 4.78 is 2.12. The van der Waals surface area contributed by atoms with Crippen LogP contribution >= 0.6 is 0 Å². The van der Waals surface area contributed by atoms with Crippen molar-refractivity contribution in [3.8, 4) is 0 Å². The summed E-state index contributed by atoms with van der Waals surface area (Å²) in [6.45, 7) is 15.0. The molecule has 2 unspecified atom stereocenters. The Labute approximate surface area is 320 Å². The van der Waals surface area contributed by atoms with Crippen molar-refractivity contribution in [2.75, 3.05) is 62.3 Å². The molecule has 6 nitrogen and oxygen atoms in total. The Hall–Kier alpha value is -3.10. The van der Waals surface area contributed by atoms with Gasteiger partial charge in [0.25, 0.3) is 0 Å². The smallest absolute Gasteiger partial charge is 0.103 e. The van der Waals surface area contributed by atoms with Crippen LogP contribution in [0, 0.1) is 11.8 Å². The molecule has 0 radical (unpaired) electrons. The summed E-state index contributed by atoms with van der Waals surface area (Å²) >= 11 is 0. The van der Waals surface area contributed by atoms with E-state index in [0.29, 0.717) is 23.9 Å². The van der Waals surface area contributed by atoms with Gasteiger partial charge >= 0.3 is 0 Å². The van der Waals surface area contributed by atoms with Crippen molar-refractivity contribution in [1.29, 1.82) is 0 Å². The highest BCUT2D eigenvalue weighted by Crippen LogP contribution is 2.69. The third kappa shape index (κ3) is 3.82. The summed E-state index contributed by atoms with van der Waals surface area (Å²) in [6.07, 6.45) is 18.6. The van der Waals surface area contributed by atoms with Crippen LogP contribution in [0.25, 0.3) is 0 Å². The molecule has 7 aliphatic heterocycles. The normalized spacial score (nSPS) is 43.7. The second kappa shape index (κ2) is 11.7. The first kappa shape index (κ1) is 34.7. The van der Waals surface area contributed by atoms with Gasteiger partial charge in [0.15, 0.2) is 0 Å².